The molecule has 0 saturated carbocycles. The molecule has 3 rings (SSSR count). The maximum absolute atomic E-state index is 11.1. The van der Waals surface area contributed by atoms with Crippen LogP contribution >= 0.6 is 11.8 Å². The van der Waals surface area contributed by atoms with Crippen LogP contribution in [0.1, 0.15) is 22.7 Å². The van der Waals surface area contributed by atoms with Crippen LogP contribution in [-0.4, -0.2) is 22.9 Å². The van der Waals surface area contributed by atoms with E-state index in [1.165, 1.54) is 0 Å². The molecule has 0 fully saturated rings. The van der Waals surface area contributed by atoms with E-state index in [2.05, 4.69) is 22.1 Å². The maximum atomic E-state index is 11.1. The number of anilines is 1. The van der Waals surface area contributed by atoms with Crippen molar-refractivity contribution in [1.82, 2.24) is 4.98 Å². The fraction of sp³-hybridized carbons (Fsp3) is 0.118. The molecule has 1 aromatic heterocycles. The van der Waals surface area contributed by atoms with Crippen LogP contribution in [-0.2, 0) is 4.79 Å². The number of aliphatic imine (C=N–C) groups is 1. The Hall–Kier alpha value is -3.36. The molecule has 2 heterocycles. The minimum Gasteiger partial charge on any atom is -0.383 e. The van der Waals surface area contributed by atoms with Gasteiger partial charge in [-0.2, -0.15) is 10.5 Å². The second-order valence-electron chi connectivity index (χ2n) is 5.26. The molecule has 122 valence electrons. The average Bonchev–Trinajstić information content (AvgIpc) is 3.44. The van der Waals surface area contributed by atoms with E-state index in [9.17, 15) is 10.1 Å². The second-order valence-corrected chi connectivity index (χ2v) is 6.23. The molecule has 1 aliphatic rings. The van der Waals surface area contributed by atoms with Crippen molar-refractivity contribution in [1.29, 1.82) is 10.5 Å². The molecule has 1 amide bonds. The van der Waals surface area contributed by atoms with E-state index in [1.54, 1.807) is 30.5 Å². The Balaban J connectivity index is 2.20. The molecular formula is C17H12N6OS. The number of aromatic nitrogens is 1. The number of rotatable bonds is 5. The Labute approximate surface area is 148 Å². The van der Waals surface area contributed by atoms with Crippen molar-refractivity contribution in [3.05, 3.63) is 41.0 Å². The van der Waals surface area contributed by atoms with Gasteiger partial charge in [-0.3, -0.25) is 9.79 Å². The average molecular weight is 348 g/mol. The summed E-state index contributed by atoms with van der Waals surface area (Å²) in [6.07, 6.45) is 1.72. The molecule has 1 aliphatic heterocycles. The van der Waals surface area contributed by atoms with Crippen LogP contribution in [0.25, 0.3) is 11.1 Å². The Bertz CT molecular complexity index is 963. The van der Waals surface area contributed by atoms with Crippen LogP contribution in [0.5, 0.6) is 0 Å². The Morgan fingerprint density at radius 2 is 1.92 bits per heavy atom. The summed E-state index contributed by atoms with van der Waals surface area (Å²) in [5.41, 5.74) is 14.1. The summed E-state index contributed by atoms with van der Waals surface area (Å²) in [5, 5.41) is 19.0. The normalized spacial score (nSPS) is 14.6. The van der Waals surface area contributed by atoms with Crippen molar-refractivity contribution < 1.29 is 4.79 Å². The van der Waals surface area contributed by atoms with Gasteiger partial charge < -0.3 is 11.5 Å². The van der Waals surface area contributed by atoms with Crippen LogP contribution < -0.4 is 11.5 Å². The van der Waals surface area contributed by atoms with Gasteiger partial charge in [0.1, 0.15) is 23.0 Å². The van der Waals surface area contributed by atoms with Crippen LogP contribution in [0, 0.1) is 22.7 Å². The van der Waals surface area contributed by atoms with Crippen molar-refractivity contribution in [2.24, 2.45) is 10.7 Å². The smallest absolute Gasteiger partial charge is 0.227 e. The van der Waals surface area contributed by atoms with E-state index in [0.29, 0.717) is 27.3 Å². The van der Waals surface area contributed by atoms with E-state index >= 15 is 0 Å². The first-order valence-corrected chi connectivity index (χ1v) is 8.22. The quantitative estimate of drug-likeness (QED) is 0.789. The van der Waals surface area contributed by atoms with Gasteiger partial charge >= 0.3 is 0 Å². The highest BCUT2D eigenvalue weighted by atomic mass is 32.2. The van der Waals surface area contributed by atoms with Gasteiger partial charge in [0.2, 0.25) is 5.91 Å². The van der Waals surface area contributed by atoms with Crippen molar-refractivity contribution in [3.63, 3.8) is 0 Å². The molecule has 0 aliphatic carbocycles. The van der Waals surface area contributed by atoms with E-state index < -0.39 is 5.91 Å². The zero-order valence-corrected chi connectivity index (χ0v) is 13.7. The molecular weight excluding hydrogens is 336 g/mol. The van der Waals surface area contributed by atoms with Gasteiger partial charge in [0.15, 0.2) is 0 Å². The molecule has 4 N–H and O–H groups in total. The number of carbonyl (C=O) groups excluding carboxylic acids is 1. The lowest BCUT2D eigenvalue weighted by molar-refractivity contribution is -0.115. The number of hydrogen-bond acceptors (Lipinski definition) is 7. The summed E-state index contributed by atoms with van der Waals surface area (Å²) in [4.78, 5) is 19.5. The number of primary amides is 1. The molecule has 1 aromatic carbocycles. The minimum atomic E-state index is -0.510. The molecule has 0 radical (unpaired) electrons. The SMILES string of the molecule is N#Cc1ccc(-c2c(C#N)c(SCC(N)=O)nc(N)c2C2C=N2)cc1. The third-order valence-corrected chi connectivity index (χ3v) is 4.59. The second kappa shape index (κ2) is 6.63. The summed E-state index contributed by atoms with van der Waals surface area (Å²) < 4.78 is 0. The van der Waals surface area contributed by atoms with E-state index in [1.807, 2.05) is 0 Å². The number of amides is 1. The molecule has 1 atom stereocenters. The number of benzene rings is 1. The van der Waals surface area contributed by atoms with Gasteiger partial charge in [-0.1, -0.05) is 23.9 Å². The zero-order valence-electron chi connectivity index (χ0n) is 12.9. The Morgan fingerprint density at radius 3 is 2.44 bits per heavy atom. The summed E-state index contributed by atoms with van der Waals surface area (Å²) in [6.45, 7) is 0. The van der Waals surface area contributed by atoms with Crippen molar-refractivity contribution in [3.8, 4) is 23.3 Å². The molecule has 0 saturated heterocycles. The van der Waals surface area contributed by atoms with Crippen LogP contribution in [0.15, 0.2) is 34.3 Å². The van der Waals surface area contributed by atoms with Gasteiger partial charge in [0, 0.05) is 17.3 Å². The zero-order chi connectivity index (χ0) is 18.0. The molecule has 0 bridgehead atoms. The standard InChI is InChI=1S/C17H12N6OS/c18-5-9-1-3-10(4-2-9)14-11(6-19)17(25-8-13(20)24)23-16(21)15(14)12-7-22-12/h1-4,7,12H,8H2,(H2,20,24)(H2,21,23). The molecule has 1 unspecified atom stereocenters. The highest BCUT2D eigenvalue weighted by Crippen LogP contribution is 2.42. The largest absolute Gasteiger partial charge is 0.383 e. The van der Waals surface area contributed by atoms with E-state index in [-0.39, 0.29) is 17.6 Å². The molecule has 2 aromatic rings. The van der Waals surface area contributed by atoms with Crippen LogP contribution in [0.2, 0.25) is 0 Å². The summed E-state index contributed by atoms with van der Waals surface area (Å²) in [7, 11) is 0. The number of pyridine rings is 1. The van der Waals surface area contributed by atoms with Gasteiger partial charge in [0.25, 0.3) is 0 Å². The first-order chi connectivity index (χ1) is 12.0. The fourth-order valence-electron chi connectivity index (χ4n) is 2.45. The van der Waals surface area contributed by atoms with Gasteiger partial charge in [-0.25, -0.2) is 4.98 Å². The minimum absolute atomic E-state index is 0.00674. The highest BCUT2D eigenvalue weighted by Gasteiger charge is 2.28. The first kappa shape index (κ1) is 16.5. The van der Waals surface area contributed by atoms with Crippen molar-refractivity contribution in [2.75, 3.05) is 11.5 Å². The highest BCUT2D eigenvalue weighted by molar-refractivity contribution is 8.00. The fourth-order valence-corrected chi connectivity index (χ4v) is 3.18. The van der Waals surface area contributed by atoms with E-state index in [0.717, 1.165) is 17.3 Å². The summed E-state index contributed by atoms with van der Waals surface area (Å²) >= 11 is 1.07. The number of nitriles is 2. The van der Waals surface area contributed by atoms with Crippen LogP contribution in [0.4, 0.5) is 5.82 Å². The molecule has 7 nitrogen and oxygen atoms in total. The van der Waals surface area contributed by atoms with Crippen molar-refractivity contribution >= 4 is 29.7 Å². The topological polar surface area (TPSA) is 142 Å². The maximum Gasteiger partial charge on any atom is 0.227 e. The lowest BCUT2D eigenvalue weighted by Crippen LogP contribution is -2.14. The predicted octanol–water partition coefficient (Wildman–Crippen LogP) is 1.78. The van der Waals surface area contributed by atoms with Gasteiger partial charge in [-0.05, 0) is 17.7 Å². The molecule has 8 heteroatoms. The lowest BCUT2D eigenvalue weighted by atomic mass is 9.93. The first-order valence-electron chi connectivity index (χ1n) is 7.23. The number of nitrogens with zero attached hydrogens (tertiary/aromatic N) is 4. The number of nitrogens with two attached hydrogens (primary N) is 2. The monoisotopic (exact) mass is 348 g/mol. The molecule has 0 spiro atoms. The third-order valence-electron chi connectivity index (χ3n) is 3.59. The third kappa shape index (κ3) is 3.30. The van der Waals surface area contributed by atoms with Crippen LogP contribution in [0.3, 0.4) is 0 Å². The number of nitrogen functional groups attached to an aromatic ring is 1. The van der Waals surface area contributed by atoms with Gasteiger partial charge in [-0.15, -0.1) is 0 Å². The summed E-state index contributed by atoms with van der Waals surface area (Å²) in [6, 6.07) is 10.8. The molecule has 25 heavy (non-hydrogen) atoms. The Morgan fingerprint density at radius 1 is 1.24 bits per heavy atom. The summed E-state index contributed by atoms with van der Waals surface area (Å²) in [5.74, 6) is -0.260. The van der Waals surface area contributed by atoms with E-state index in [4.69, 9.17) is 16.7 Å². The number of carbonyl (C=O) groups is 1. The number of thioether (sulfide) groups is 1. The van der Waals surface area contributed by atoms with Crippen molar-refractivity contribution in [2.45, 2.75) is 11.1 Å². The number of hydrogen-bond donors (Lipinski definition) is 2. The predicted molar refractivity (Wildman–Crippen MR) is 94.7 cm³/mol. The van der Waals surface area contributed by atoms with Gasteiger partial charge in [0.05, 0.1) is 22.9 Å². The Kier molecular flexibility index (Phi) is 4.38. The lowest BCUT2D eigenvalue weighted by Gasteiger charge is -2.15.